The second-order valence-electron chi connectivity index (χ2n) is 3.54. The average molecular weight is 284 g/mol. The van der Waals surface area contributed by atoms with Crippen molar-refractivity contribution in [3.05, 3.63) is 41.2 Å². The lowest BCUT2D eigenvalue weighted by molar-refractivity contribution is -0.133. The number of thioether (sulfide) groups is 1. The third-order valence-electron chi connectivity index (χ3n) is 2.10. The fourth-order valence-electron chi connectivity index (χ4n) is 1.37. The molecule has 0 saturated carbocycles. The van der Waals surface area contributed by atoms with E-state index in [0.717, 1.165) is 11.3 Å². The summed E-state index contributed by atoms with van der Waals surface area (Å²) in [6.45, 7) is 0. The molecule has 0 radical (unpaired) electrons. The van der Waals surface area contributed by atoms with Crippen LogP contribution >= 0.6 is 23.4 Å². The van der Waals surface area contributed by atoms with Crippen molar-refractivity contribution in [2.75, 3.05) is 5.75 Å². The third kappa shape index (κ3) is 3.51. The van der Waals surface area contributed by atoms with Gasteiger partial charge in [-0.3, -0.25) is 4.79 Å². The quantitative estimate of drug-likeness (QED) is 0.912. The van der Waals surface area contributed by atoms with E-state index in [1.165, 1.54) is 18.0 Å². The number of aliphatic carboxylic acids is 1. The van der Waals surface area contributed by atoms with Crippen LogP contribution in [0.1, 0.15) is 5.69 Å². The normalized spacial score (nSPS) is 10.5. The lowest BCUT2D eigenvalue weighted by atomic mass is 10.2. The number of carboxylic acids is 1. The van der Waals surface area contributed by atoms with Gasteiger partial charge in [-0.05, 0) is 18.2 Å². The molecule has 0 fully saturated rings. The SMILES string of the molecule is O=C(O)CSCc1coc(-c2cccc(Cl)c2)n1. The van der Waals surface area contributed by atoms with E-state index in [2.05, 4.69) is 4.98 Å². The molecule has 0 aliphatic heterocycles. The summed E-state index contributed by atoms with van der Waals surface area (Å²) in [5, 5.41) is 9.14. The first-order chi connectivity index (χ1) is 8.65. The fourth-order valence-corrected chi connectivity index (χ4v) is 2.18. The number of aromatic nitrogens is 1. The monoisotopic (exact) mass is 283 g/mol. The van der Waals surface area contributed by atoms with Gasteiger partial charge in [-0.2, -0.15) is 0 Å². The molecular formula is C12H10ClNO3S. The van der Waals surface area contributed by atoms with Gasteiger partial charge in [0.25, 0.3) is 0 Å². The summed E-state index contributed by atoms with van der Waals surface area (Å²) >= 11 is 7.16. The Morgan fingerprint density at radius 3 is 3.06 bits per heavy atom. The van der Waals surface area contributed by atoms with Crippen LogP contribution in [0.2, 0.25) is 5.02 Å². The number of benzene rings is 1. The van der Waals surface area contributed by atoms with Crippen LogP contribution < -0.4 is 0 Å². The summed E-state index contributed by atoms with van der Waals surface area (Å²) in [4.78, 5) is 14.7. The lowest BCUT2D eigenvalue weighted by Crippen LogP contribution is -1.98. The molecule has 2 rings (SSSR count). The molecule has 0 spiro atoms. The van der Waals surface area contributed by atoms with E-state index < -0.39 is 5.97 Å². The van der Waals surface area contributed by atoms with E-state index in [9.17, 15) is 4.79 Å². The molecule has 1 aromatic carbocycles. The molecule has 1 heterocycles. The number of carboxylic acid groups (broad SMARTS) is 1. The van der Waals surface area contributed by atoms with Gasteiger partial charge in [0.15, 0.2) is 0 Å². The maximum Gasteiger partial charge on any atom is 0.313 e. The predicted octanol–water partition coefficient (Wildman–Crippen LogP) is 3.31. The fraction of sp³-hybridized carbons (Fsp3) is 0.167. The third-order valence-corrected chi connectivity index (χ3v) is 3.28. The molecular weight excluding hydrogens is 274 g/mol. The number of hydrogen-bond donors (Lipinski definition) is 1. The molecule has 0 bridgehead atoms. The van der Waals surface area contributed by atoms with Crippen LogP contribution in [0.25, 0.3) is 11.5 Å². The van der Waals surface area contributed by atoms with Crippen LogP contribution in [0.15, 0.2) is 34.9 Å². The van der Waals surface area contributed by atoms with Crippen LogP contribution in [0.4, 0.5) is 0 Å². The molecule has 0 unspecified atom stereocenters. The summed E-state index contributed by atoms with van der Waals surface area (Å²) in [5.41, 5.74) is 1.52. The van der Waals surface area contributed by atoms with E-state index >= 15 is 0 Å². The lowest BCUT2D eigenvalue weighted by Gasteiger charge is -1.95. The molecule has 0 atom stereocenters. The molecule has 2 aromatic rings. The minimum Gasteiger partial charge on any atom is -0.481 e. The van der Waals surface area contributed by atoms with Crippen LogP contribution in [0, 0.1) is 0 Å². The minimum absolute atomic E-state index is 0.0549. The number of halogens is 1. The zero-order valence-corrected chi connectivity index (χ0v) is 10.9. The molecule has 94 valence electrons. The van der Waals surface area contributed by atoms with Gasteiger partial charge in [-0.15, -0.1) is 11.8 Å². The molecule has 0 aliphatic rings. The zero-order chi connectivity index (χ0) is 13.0. The number of hydrogen-bond acceptors (Lipinski definition) is 4. The van der Waals surface area contributed by atoms with Gasteiger partial charge >= 0.3 is 5.97 Å². The molecule has 0 saturated heterocycles. The topological polar surface area (TPSA) is 63.3 Å². The Balaban J connectivity index is 2.04. The molecule has 0 amide bonds. The Morgan fingerprint density at radius 1 is 1.50 bits per heavy atom. The second kappa shape index (κ2) is 5.93. The van der Waals surface area contributed by atoms with Gasteiger partial charge in [0.05, 0.1) is 11.4 Å². The molecule has 1 aromatic heterocycles. The van der Waals surface area contributed by atoms with Crippen molar-refractivity contribution in [2.45, 2.75) is 5.75 Å². The van der Waals surface area contributed by atoms with E-state index in [1.807, 2.05) is 12.1 Å². The van der Waals surface area contributed by atoms with Crippen LogP contribution in [-0.4, -0.2) is 21.8 Å². The first kappa shape index (κ1) is 13.0. The smallest absolute Gasteiger partial charge is 0.313 e. The Morgan fingerprint density at radius 2 is 2.33 bits per heavy atom. The maximum absolute atomic E-state index is 10.4. The van der Waals surface area contributed by atoms with Crippen LogP contribution in [0.5, 0.6) is 0 Å². The van der Waals surface area contributed by atoms with Crippen molar-refractivity contribution in [3.8, 4) is 11.5 Å². The summed E-state index contributed by atoms with van der Waals surface area (Å²) in [5.74, 6) is 0.220. The van der Waals surface area contributed by atoms with Gasteiger partial charge in [-0.1, -0.05) is 17.7 Å². The number of carbonyl (C=O) groups is 1. The highest BCUT2D eigenvalue weighted by Crippen LogP contribution is 2.23. The van der Waals surface area contributed by atoms with E-state index in [1.54, 1.807) is 12.1 Å². The molecule has 18 heavy (non-hydrogen) atoms. The molecule has 0 aliphatic carbocycles. The first-order valence-electron chi connectivity index (χ1n) is 5.15. The summed E-state index contributed by atoms with van der Waals surface area (Å²) in [6, 6.07) is 7.21. The van der Waals surface area contributed by atoms with Gasteiger partial charge in [0, 0.05) is 16.3 Å². The van der Waals surface area contributed by atoms with Crippen molar-refractivity contribution in [2.24, 2.45) is 0 Å². The largest absolute Gasteiger partial charge is 0.481 e. The second-order valence-corrected chi connectivity index (χ2v) is 4.96. The Labute approximate surface area is 113 Å². The number of nitrogens with zero attached hydrogens (tertiary/aromatic N) is 1. The maximum atomic E-state index is 10.4. The first-order valence-corrected chi connectivity index (χ1v) is 6.68. The number of oxazole rings is 1. The Kier molecular flexibility index (Phi) is 4.28. The van der Waals surface area contributed by atoms with Crippen LogP contribution in [0.3, 0.4) is 0 Å². The summed E-state index contributed by atoms with van der Waals surface area (Å²) in [6.07, 6.45) is 1.53. The van der Waals surface area contributed by atoms with Gasteiger partial charge in [0.1, 0.15) is 6.26 Å². The minimum atomic E-state index is -0.835. The number of rotatable bonds is 5. The highest BCUT2D eigenvalue weighted by molar-refractivity contribution is 7.99. The van der Waals surface area contributed by atoms with Crippen molar-refractivity contribution < 1.29 is 14.3 Å². The van der Waals surface area contributed by atoms with E-state index in [-0.39, 0.29) is 5.75 Å². The molecule has 4 nitrogen and oxygen atoms in total. The van der Waals surface area contributed by atoms with E-state index in [4.69, 9.17) is 21.1 Å². The zero-order valence-electron chi connectivity index (χ0n) is 9.30. The van der Waals surface area contributed by atoms with Gasteiger partial charge in [-0.25, -0.2) is 4.98 Å². The summed E-state index contributed by atoms with van der Waals surface area (Å²) < 4.78 is 5.33. The predicted molar refractivity (Wildman–Crippen MR) is 70.7 cm³/mol. The van der Waals surface area contributed by atoms with Crippen molar-refractivity contribution in [1.29, 1.82) is 0 Å². The standard InChI is InChI=1S/C12H10ClNO3S/c13-9-3-1-2-8(4-9)12-14-10(5-17-12)6-18-7-11(15)16/h1-5H,6-7H2,(H,15,16). The van der Waals surface area contributed by atoms with Crippen molar-refractivity contribution in [1.82, 2.24) is 4.98 Å². The summed E-state index contributed by atoms with van der Waals surface area (Å²) in [7, 11) is 0. The molecule has 1 N–H and O–H groups in total. The Hall–Kier alpha value is -1.46. The van der Waals surface area contributed by atoms with Crippen LogP contribution in [-0.2, 0) is 10.5 Å². The van der Waals surface area contributed by atoms with Crippen molar-refractivity contribution in [3.63, 3.8) is 0 Å². The molecule has 6 heteroatoms. The van der Waals surface area contributed by atoms with E-state index in [0.29, 0.717) is 16.7 Å². The van der Waals surface area contributed by atoms with Crippen molar-refractivity contribution >= 4 is 29.3 Å². The average Bonchev–Trinajstić information content (AvgIpc) is 2.77. The highest BCUT2D eigenvalue weighted by atomic mass is 35.5. The van der Waals surface area contributed by atoms with Gasteiger partial charge < -0.3 is 9.52 Å². The Bertz CT molecular complexity index is 556. The van der Waals surface area contributed by atoms with Gasteiger partial charge in [0.2, 0.25) is 5.89 Å². The highest BCUT2D eigenvalue weighted by Gasteiger charge is 2.07.